The fourth-order valence-electron chi connectivity index (χ4n) is 4.76. The minimum absolute atomic E-state index is 0.0549. The van der Waals surface area contributed by atoms with Gasteiger partial charge in [0.05, 0.1) is 11.8 Å². The molecule has 10 nitrogen and oxygen atoms in total. The van der Waals surface area contributed by atoms with Crippen molar-refractivity contribution in [3.05, 3.63) is 76.3 Å². The number of aliphatic hydroxyl groups is 1. The number of benzene rings is 2. The summed E-state index contributed by atoms with van der Waals surface area (Å²) < 4.78 is 41.2. The van der Waals surface area contributed by atoms with E-state index in [-0.39, 0.29) is 34.7 Å². The predicted octanol–water partition coefficient (Wildman–Crippen LogP) is 4.68. The van der Waals surface area contributed by atoms with Gasteiger partial charge in [0.1, 0.15) is 5.65 Å². The van der Waals surface area contributed by atoms with Crippen molar-refractivity contribution in [2.75, 3.05) is 13.1 Å². The number of alkyl halides is 3. The molecule has 4 rings (SSSR count). The van der Waals surface area contributed by atoms with E-state index in [1.165, 1.54) is 16.7 Å². The average Bonchev–Trinajstić information content (AvgIpc) is 3.37. The van der Waals surface area contributed by atoms with Crippen LogP contribution in [-0.4, -0.2) is 50.2 Å². The Labute approximate surface area is 257 Å². The van der Waals surface area contributed by atoms with E-state index in [0.29, 0.717) is 52.9 Å². The van der Waals surface area contributed by atoms with E-state index in [4.69, 9.17) is 16.9 Å². The van der Waals surface area contributed by atoms with Gasteiger partial charge in [-0.2, -0.15) is 18.2 Å². The third-order valence-electron chi connectivity index (χ3n) is 7.05. The number of aromatic amines is 1. The highest BCUT2D eigenvalue weighted by atomic mass is 32.2. The van der Waals surface area contributed by atoms with E-state index in [1.54, 1.807) is 25.3 Å². The molecule has 3 atom stereocenters. The molecule has 0 bridgehead atoms. The molecular formula is C30H37F3N8O2S. The number of aromatic nitrogens is 3. The van der Waals surface area contributed by atoms with Gasteiger partial charge in [-0.1, -0.05) is 12.1 Å². The maximum atomic E-state index is 13.3. The first-order valence-corrected chi connectivity index (χ1v) is 15.0. The molecule has 236 valence electrons. The summed E-state index contributed by atoms with van der Waals surface area (Å²) in [5.41, 5.74) is 9.22. The number of guanidine groups is 1. The standard InChI is InChI=1S/C30H37F3N8O2S/c1-17(34)4-9-26(42)21-12-20(13-24(14-21)44-30(31,32)33)25-15-22-16-41(29(43)40-27(22)39-25)23-7-5-19(6-8-23)18(2)37-10-3-11-38-28(35)36/h5-8,12-18,26,37,42H,3-4,9-11,34H2,1-2H3,(H4,35,36,38)(H,39,40,43)/t17-,18-,26-/m0/s1. The number of thioether (sulfide) groups is 1. The van der Waals surface area contributed by atoms with Gasteiger partial charge in [-0.05, 0) is 105 Å². The molecule has 0 unspecified atom stereocenters. The van der Waals surface area contributed by atoms with Crippen LogP contribution in [0.4, 0.5) is 13.2 Å². The highest BCUT2D eigenvalue weighted by molar-refractivity contribution is 8.00. The van der Waals surface area contributed by atoms with Crippen LogP contribution in [0.3, 0.4) is 0 Å². The Morgan fingerprint density at radius 3 is 2.50 bits per heavy atom. The molecule has 0 fully saturated rings. The van der Waals surface area contributed by atoms with Crippen molar-refractivity contribution in [1.29, 1.82) is 5.41 Å². The van der Waals surface area contributed by atoms with Crippen LogP contribution in [0.1, 0.15) is 56.4 Å². The third kappa shape index (κ3) is 9.08. The molecule has 2 heterocycles. The number of hydrogen-bond donors (Lipinski definition) is 7. The highest BCUT2D eigenvalue weighted by Gasteiger charge is 2.30. The maximum absolute atomic E-state index is 13.3. The minimum atomic E-state index is -4.51. The van der Waals surface area contributed by atoms with E-state index in [1.807, 2.05) is 31.2 Å². The topological polar surface area (TPSA) is 171 Å². The number of H-pyrrole nitrogens is 1. The zero-order chi connectivity index (χ0) is 32.0. The molecule has 4 aromatic rings. The number of nitrogens with two attached hydrogens (primary N) is 2. The summed E-state index contributed by atoms with van der Waals surface area (Å²) in [7, 11) is 0. The largest absolute Gasteiger partial charge is 0.446 e. The van der Waals surface area contributed by atoms with E-state index in [0.717, 1.165) is 18.5 Å². The molecular weight excluding hydrogens is 593 g/mol. The second-order valence-electron chi connectivity index (χ2n) is 10.8. The van der Waals surface area contributed by atoms with Crippen LogP contribution in [0.5, 0.6) is 0 Å². The Morgan fingerprint density at radius 2 is 1.84 bits per heavy atom. The van der Waals surface area contributed by atoms with Gasteiger partial charge >= 0.3 is 11.2 Å². The summed E-state index contributed by atoms with van der Waals surface area (Å²) in [6.45, 7) is 5.15. The van der Waals surface area contributed by atoms with Gasteiger partial charge in [0.2, 0.25) is 0 Å². The zero-order valence-corrected chi connectivity index (χ0v) is 25.2. The number of halogens is 3. The summed E-state index contributed by atoms with van der Waals surface area (Å²) in [6, 6.07) is 13.5. The molecule has 0 spiro atoms. The first kappa shape index (κ1) is 33.1. The monoisotopic (exact) mass is 630 g/mol. The molecule has 0 amide bonds. The molecule has 0 radical (unpaired) electrons. The van der Waals surface area contributed by atoms with E-state index < -0.39 is 17.3 Å². The van der Waals surface area contributed by atoms with Crippen molar-refractivity contribution in [3.63, 3.8) is 0 Å². The zero-order valence-electron chi connectivity index (χ0n) is 24.4. The number of hydrogen-bond acceptors (Lipinski definition) is 7. The first-order valence-electron chi connectivity index (χ1n) is 14.2. The number of aliphatic hydroxyl groups excluding tert-OH is 1. The van der Waals surface area contributed by atoms with E-state index in [9.17, 15) is 23.1 Å². The van der Waals surface area contributed by atoms with Crippen molar-refractivity contribution in [2.24, 2.45) is 11.5 Å². The van der Waals surface area contributed by atoms with Crippen molar-refractivity contribution >= 4 is 28.8 Å². The van der Waals surface area contributed by atoms with Crippen molar-refractivity contribution in [1.82, 2.24) is 25.2 Å². The highest BCUT2D eigenvalue weighted by Crippen LogP contribution is 2.40. The summed E-state index contributed by atoms with van der Waals surface area (Å²) in [4.78, 5) is 20.1. The Kier molecular flexibility index (Phi) is 10.7. The second-order valence-corrected chi connectivity index (χ2v) is 11.9. The Bertz CT molecular complexity index is 1640. The third-order valence-corrected chi connectivity index (χ3v) is 7.76. The first-order chi connectivity index (χ1) is 20.8. The fraction of sp³-hybridized carbons (Fsp3) is 0.367. The van der Waals surface area contributed by atoms with Crippen LogP contribution in [-0.2, 0) is 0 Å². The maximum Gasteiger partial charge on any atom is 0.446 e. The summed E-state index contributed by atoms with van der Waals surface area (Å²) in [6.07, 6.45) is 2.25. The van der Waals surface area contributed by atoms with Crippen molar-refractivity contribution in [2.45, 2.75) is 61.7 Å². The normalized spacial score (nSPS) is 14.0. The second kappa shape index (κ2) is 14.3. The summed E-state index contributed by atoms with van der Waals surface area (Å²) >= 11 is -0.254. The minimum Gasteiger partial charge on any atom is -0.388 e. The SMILES string of the molecule is C[C@H](N)CC[C@H](O)c1cc(SC(F)(F)F)cc(-c2cc3cn(-c4ccc([C@H](C)NCCCNC(=N)N)cc4)c(=O)nc3[nH]2)c1. The lowest BCUT2D eigenvalue weighted by molar-refractivity contribution is -0.0328. The lowest BCUT2D eigenvalue weighted by Crippen LogP contribution is -2.32. The lowest BCUT2D eigenvalue weighted by atomic mass is 9.99. The summed E-state index contributed by atoms with van der Waals surface area (Å²) in [5, 5.41) is 24.7. The van der Waals surface area contributed by atoms with Crippen molar-refractivity contribution < 1.29 is 18.3 Å². The molecule has 0 aliphatic rings. The Balaban J connectivity index is 1.58. The van der Waals surface area contributed by atoms with Gasteiger partial charge in [-0.3, -0.25) is 9.98 Å². The molecule has 0 saturated carbocycles. The van der Waals surface area contributed by atoms with Gasteiger partial charge in [-0.25, -0.2) is 4.79 Å². The van der Waals surface area contributed by atoms with Crippen LogP contribution >= 0.6 is 11.8 Å². The number of nitrogens with zero attached hydrogens (tertiary/aromatic N) is 2. The quantitative estimate of drug-likeness (QED) is 0.0483. The van der Waals surface area contributed by atoms with Gasteiger partial charge in [0.15, 0.2) is 5.96 Å². The molecule has 0 aliphatic heterocycles. The molecule has 2 aromatic heterocycles. The number of fused-ring (bicyclic) bond motifs is 1. The predicted molar refractivity (Wildman–Crippen MR) is 168 cm³/mol. The fourth-order valence-corrected chi connectivity index (χ4v) is 5.40. The van der Waals surface area contributed by atoms with Gasteiger partial charge < -0.3 is 32.2 Å². The molecule has 14 heteroatoms. The average molecular weight is 631 g/mol. The number of rotatable bonds is 13. The Morgan fingerprint density at radius 1 is 1.11 bits per heavy atom. The smallest absolute Gasteiger partial charge is 0.388 e. The molecule has 9 N–H and O–H groups in total. The van der Waals surface area contributed by atoms with Crippen LogP contribution in [0.15, 0.2) is 64.4 Å². The summed E-state index contributed by atoms with van der Waals surface area (Å²) in [5.74, 6) is -0.0561. The van der Waals surface area contributed by atoms with E-state index >= 15 is 0 Å². The van der Waals surface area contributed by atoms with Crippen LogP contribution < -0.4 is 27.8 Å². The van der Waals surface area contributed by atoms with Crippen LogP contribution in [0.25, 0.3) is 28.0 Å². The lowest BCUT2D eigenvalue weighted by Gasteiger charge is -2.16. The van der Waals surface area contributed by atoms with Crippen molar-refractivity contribution in [3.8, 4) is 16.9 Å². The molecule has 44 heavy (non-hydrogen) atoms. The number of nitrogens with one attached hydrogen (secondary N) is 4. The van der Waals surface area contributed by atoms with Gasteiger partial charge in [0.25, 0.3) is 0 Å². The van der Waals surface area contributed by atoms with Gasteiger partial charge in [-0.15, -0.1) is 0 Å². The Hall–Kier alpha value is -3.85. The van der Waals surface area contributed by atoms with Gasteiger partial charge in [0, 0.05) is 40.8 Å². The molecule has 0 aliphatic carbocycles. The molecule has 2 aromatic carbocycles. The van der Waals surface area contributed by atoms with Crippen LogP contribution in [0.2, 0.25) is 0 Å². The molecule has 0 saturated heterocycles. The van der Waals surface area contributed by atoms with E-state index in [2.05, 4.69) is 20.6 Å². The van der Waals surface area contributed by atoms with Crippen LogP contribution in [0, 0.1) is 5.41 Å².